The van der Waals surface area contributed by atoms with E-state index in [2.05, 4.69) is 27.8 Å². The van der Waals surface area contributed by atoms with E-state index in [1.165, 1.54) is 0 Å². The highest BCUT2D eigenvalue weighted by molar-refractivity contribution is 6.31. The van der Waals surface area contributed by atoms with Crippen LogP contribution in [0.25, 0.3) is 0 Å². The van der Waals surface area contributed by atoms with Crippen LogP contribution in [0.5, 0.6) is 0 Å². The fourth-order valence-electron chi connectivity index (χ4n) is 2.24. The van der Waals surface area contributed by atoms with Gasteiger partial charge in [0.25, 0.3) is 0 Å². The van der Waals surface area contributed by atoms with Crippen LogP contribution in [0.3, 0.4) is 0 Å². The van der Waals surface area contributed by atoms with E-state index >= 15 is 0 Å². The molecule has 0 aliphatic heterocycles. The Hall–Kier alpha value is -2.04. The summed E-state index contributed by atoms with van der Waals surface area (Å²) in [5.41, 5.74) is 2.16. The highest BCUT2D eigenvalue weighted by Crippen LogP contribution is 2.15. The molecule has 2 aromatic rings. The van der Waals surface area contributed by atoms with Gasteiger partial charge in [-0.1, -0.05) is 60.1 Å². The van der Waals surface area contributed by atoms with Crippen LogP contribution in [-0.2, 0) is 11.3 Å². The smallest absolute Gasteiger partial charge is 0.191 e. The summed E-state index contributed by atoms with van der Waals surface area (Å²) >= 11 is 6.16. The second-order valence-corrected chi connectivity index (χ2v) is 5.44. The standard InChI is InChI=1S/C18H22ClN3O/c1-20-18(21-12-15-10-6-7-11-16(15)19)22-13-17(23-2)14-8-4-3-5-9-14/h3-11,17H,12-13H2,1-2H3,(H2,20,21,22). The summed E-state index contributed by atoms with van der Waals surface area (Å²) in [6, 6.07) is 17.9. The lowest BCUT2D eigenvalue weighted by atomic mass is 10.1. The van der Waals surface area contributed by atoms with Gasteiger partial charge in [-0.3, -0.25) is 4.99 Å². The number of halogens is 1. The van der Waals surface area contributed by atoms with Gasteiger partial charge in [-0.25, -0.2) is 0 Å². The summed E-state index contributed by atoms with van der Waals surface area (Å²) in [4.78, 5) is 4.23. The minimum Gasteiger partial charge on any atom is -0.375 e. The molecule has 4 nitrogen and oxygen atoms in total. The molecule has 0 heterocycles. The third-order valence-corrected chi connectivity index (χ3v) is 3.91. The van der Waals surface area contributed by atoms with Gasteiger partial charge in [0, 0.05) is 32.3 Å². The number of hydrogen-bond donors (Lipinski definition) is 2. The van der Waals surface area contributed by atoms with Gasteiger partial charge >= 0.3 is 0 Å². The molecular formula is C18H22ClN3O. The van der Waals surface area contributed by atoms with Gasteiger partial charge in [-0.15, -0.1) is 0 Å². The average molecular weight is 332 g/mol. The molecule has 1 unspecified atom stereocenters. The van der Waals surface area contributed by atoms with Crippen LogP contribution in [0.1, 0.15) is 17.2 Å². The second kappa shape index (κ2) is 9.18. The average Bonchev–Trinajstić information content (AvgIpc) is 2.60. The normalized spacial score (nSPS) is 12.7. The minimum absolute atomic E-state index is 0.0323. The van der Waals surface area contributed by atoms with Crippen molar-refractivity contribution < 1.29 is 4.74 Å². The van der Waals surface area contributed by atoms with Crippen molar-refractivity contribution in [3.05, 3.63) is 70.7 Å². The number of guanidine groups is 1. The topological polar surface area (TPSA) is 45.7 Å². The fourth-order valence-corrected chi connectivity index (χ4v) is 2.44. The Morgan fingerprint density at radius 1 is 1.09 bits per heavy atom. The third-order valence-electron chi connectivity index (χ3n) is 3.54. The third kappa shape index (κ3) is 5.27. The highest BCUT2D eigenvalue weighted by Gasteiger charge is 2.10. The first kappa shape index (κ1) is 17.3. The number of rotatable bonds is 6. The first-order valence-electron chi connectivity index (χ1n) is 7.50. The Bertz CT molecular complexity index is 631. The summed E-state index contributed by atoms with van der Waals surface area (Å²) in [6.07, 6.45) is -0.0323. The lowest BCUT2D eigenvalue weighted by Gasteiger charge is -2.19. The predicted molar refractivity (Wildman–Crippen MR) is 95.8 cm³/mol. The van der Waals surface area contributed by atoms with Gasteiger partial charge in [0.15, 0.2) is 5.96 Å². The molecule has 2 N–H and O–H groups in total. The monoisotopic (exact) mass is 331 g/mol. The number of hydrogen-bond acceptors (Lipinski definition) is 2. The van der Waals surface area contributed by atoms with E-state index in [-0.39, 0.29) is 6.10 Å². The first-order chi connectivity index (χ1) is 11.2. The van der Waals surface area contributed by atoms with Gasteiger partial charge in [0.1, 0.15) is 0 Å². The van der Waals surface area contributed by atoms with Crippen molar-refractivity contribution in [2.24, 2.45) is 4.99 Å². The van der Waals surface area contributed by atoms with E-state index in [0.717, 1.165) is 16.1 Å². The molecule has 5 heteroatoms. The van der Waals surface area contributed by atoms with Crippen LogP contribution in [0.15, 0.2) is 59.6 Å². The summed E-state index contributed by atoms with van der Waals surface area (Å²) in [6.45, 7) is 1.24. The van der Waals surface area contributed by atoms with Crippen LogP contribution in [-0.4, -0.2) is 26.7 Å². The number of methoxy groups -OCH3 is 1. The molecule has 2 aromatic carbocycles. The number of nitrogens with one attached hydrogen (secondary N) is 2. The van der Waals surface area contributed by atoms with Crippen LogP contribution in [0.2, 0.25) is 5.02 Å². The maximum Gasteiger partial charge on any atom is 0.191 e. The molecule has 2 rings (SSSR count). The van der Waals surface area contributed by atoms with Crippen LogP contribution in [0.4, 0.5) is 0 Å². The molecule has 1 atom stereocenters. The van der Waals surface area contributed by atoms with Crippen molar-refractivity contribution in [3.8, 4) is 0 Å². The quantitative estimate of drug-likeness (QED) is 0.630. The van der Waals surface area contributed by atoms with Crippen molar-refractivity contribution in [2.45, 2.75) is 12.6 Å². The summed E-state index contributed by atoms with van der Waals surface area (Å²) < 4.78 is 5.55. The number of aliphatic imine (C=N–C) groups is 1. The van der Waals surface area contributed by atoms with E-state index in [0.29, 0.717) is 19.0 Å². The lowest BCUT2D eigenvalue weighted by Crippen LogP contribution is -2.39. The van der Waals surface area contributed by atoms with Gasteiger partial charge in [0.05, 0.1) is 6.10 Å². The van der Waals surface area contributed by atoms with Gasteiger partial charge in [-0.05, 0) is 17.2 Å². The Balaban J connectivity index is 1.88. The van der Waals surface area contributed by atoms with Crippen molar-refractivity contribution in [1.82, 2.24) is 10.6 Å². The molecule has 122 valence electrons. The van der Waals surface area contributed by atoms with Crippen molar-refractivity contribution in [3.63, 3.8) is 0 Å². The minimum atomic E-state index is -0.0323. The summed E-state index contributed by atoms with van der Waals surface area (Å²) in [5, 5.41) is 7.28. The Labute approximate surface area is 142 Å². The fraction of sp³-hybridized carbons (Fsp3) is 0.278. The van der Waals surface area contributed by atoms with E-state index in [1.54, 1.807) is 14.2 Å². The summed E-state index contributed by atoms with van der Waals surface area (Å²) in [5.74, 6) is 0.711. The van der Waals surface area contributed by atoms with Crippen LogP contribution >= 0.6 is 11.6 Å². The van der Waals surface area contributed by atoms with Crippen molar-refractivity contribution in [2.75, 3.05) is 20.7 Å². The molecule has 0 saturated carbocycles. The van der Waals surface area contributed by atoms with Crippen LogP contribution < -0.4 is 10.6 Å². The number of ether oxygens (including phenoxy) is 1. The molecule has 0 spiro atoms. The molecule has 0 aliphatic rings. The Kier molecular flexibility index (Phi) is 6.91. The highest BCUT2D eigenvalue weighted by atomic mass is 35.5. The maximum atomic E-state index is 6.16. The van der Waals surface area contributed by atoms with E-state index in [9.17, 15) is 0 Å². The van der Waals surface area contributed by atoms with Gasteiger partial charge < -0.3 is 15.4 Å². The molecule has 0 saturated heterocycles. The number of benzene rings is 2. The zero-order valence-corrected chi connectivity index (χ0v) is 14.2. The molecule has 0 fully saturated rings. The Morgan fingerprint density at radius 3 is 2.43 bits per heavy atom. The SMILES string of the molecule is CN=C(NCc1ccccc1Cl)NCC(OC)c1ccccc1. The van der Waals surface area contributed by atoms with Crippen molar-refractivity contribution in [1.29, 1.82) is 0 Å². The largest absolute Gasteiger partial charge is 0.375 e. The van der Waals surface area contributed by atoms with Crippen LogP contribution in [0, 0.1) is 0 Å². The first-order valence-corrected chi connectivity index (χ1v) is 7.88. The second-order valence-electron chi connectivity index (χ2n) is 5.03. The lowest BCUT2D eigenvalue weighted by molar-refractivity contribution is 0.106. The maximum absolute atomic E-state index is 6.16. The van der Waals surface area contributed by atoms with E-state index in [4.69, 9.17) is 16.3 Å². The molecule has 0 aliphatic carbocycles. The molecular weight excluding hydrogens is 310 g/mol. The van der Waals surface area contributed by atoms with Gasteiger partial charge in [0.2, 0.25) is 0 Å². The zero-order chi connectivity index (χ0) is 16.5. The molecule has 0 bridgehead atoms. The Morgan fingerprint density at radius 2 is 1.78 bits per heavy atom. The molecule has 23 heavy (non-hydrogen) atoms. The molecule has 0 radical (unpaired) electrons. The van der Waals surface area contributed by atoms with E-state index in [1.807, 2.05) is 42.5 Å². The molecule has 0 aromatic heterocycles. The van der Waals surface area contributed by atoms with E-state index < -0.39 is 0 Å². The predicted octanol–water partition coefficient (Wildman–Crippen LogP) is 3.39. The molecule has 0 amide bonds. The van der Waals surface area contributed by atoms with Gasteiger partial charge in [-0.2, -0.15) is 0 Å². The number of nitrogens with zero attached hydrogens (tertiary/aromatic N) is 1. The van der Waals surface area contributed by atoms with Crippen molar-refractivity contribution >= 4 is 17.6 Å². The summed E-state index contributed by atoms with van der Waals surface area (Å²) in [7, 11) is 3.45. The zero-order valence-electron chi connectivity index (χ0n) is 13.4.